The third kappa shape index (κ3) is 3.04. The first-order valence-electron chi connectivity index (χ1n) is 5.68. The lowest BCUT2D eigenvalue weighted by atomic mass is 10.3. The summed E-state index contributed by atoms with van der Waals surface area (Å²) >= 11 is 3.03. The number of nitrogens with two attached hydrogens (primary N) is 1. The average Bonchev–Trinajstić information content (AvgIpc) is 2.84. The highest BCUT2D eigenvalue weighted by atomic mass is 32.2. The number of imidazole rings is 1. The van der Waals surface area contributed by atoms with E-state index >= 15 is 0 Å². The topological polar surface area (TPSA) is 89.5 Å². The third-order valence-electron chi connectivity index (χ3n) is 2.61. The molecule has 0 aliphatic heterocycles. The van der Waals surface area contributed by atoms with Crippen molar-refractivity contribution in [3.05, 3.63) is 11.6 Å². The maximum atomic E-state index is 12.3. The van der Waals surface area contributed by atoms with E-state index in [1.165, 1.54) is 15.7 Å². The molecule has 2 aromatic heterocycles. The van der Waals surface area contributed by atoms with Crippen LogP contribution in [0.25, 0.3) is 4.96 Å². The molecule has 0 saturated heterocycles. The first kappa shape index (κ1) is 14.6. The van der Waals surface area contributed by atoms with Gasteiger partial charge in [-0.15, -0.1) is 11.3 Å². The second kappa shape index (κ2) is 5.70. The van der Waals surface area contributed by atoms with Gasteiger partial charge in [-0.05, 0) is 25.4 Å². The molecule has 9 heteroatoms. The average molecular weight is 320 g/mol. The van der Waals surface area contributed by atoms with Crippen LogP contribution in [0.15, 0.2) is 16.6 Å². The molecule has 0 bridgehead atoms. The van der Waals surface area contributed by atoms with Gasteiger partial charge in [0.05, 0.1) is 0 Å². The summed E-state index contributed by atoms with van der Waals surface area (Å²) in [6.45, 7) is 1.84. The summed E-state index contributed by atoms with van der Waals surface area (Å²) in [5.41, 5.74) is 5.71. The van der Waals surface area contributed by atoms with Gasteiger partial charge in [-0.1, -0.05) is 0 Å². The number of thioether (sulfide) groups is 1. The molecular formula is C10H16N4O2S3. The molecule has 2 heterocycles. The van der Waals surface area contributed by atoms with Crippen LogP contribution in [0.2, 0.25) is 0 Å². The van der Waals surface area contributed by atoms with E-state index in [0.717, 1.165) is 12.2 Å². The number of sulfonamides is 1. The van der Waals surface area contributed by atoms with Crippen molar-refractivity contribution in [2.24, 2.45) is 0 Å². The molecule has 1 unspecified atom stereocenters. The van der Waals surface area contributed by atoms with Crippen LogP contribution in [0.5, 0.6) is 0 Å². The Bertz CT molecular complexity index is 661. The molecule has 0 fully saturated rings. The van der Waals surface area contributed by atoms with Crippen molar-refractivity contribution in [2.75, 3.05) is 17.7 Å². The zero-order valence-corrected chi connectivity index (χ0v) is 13.1. The number of hydrogen-bond acceptors (Lipinski definition) is 6. The summed E-state index contributed by atoms with van der Waals surface area (Å²) in [5, 5.41) is 1.80. The van der Waals surface area contributed by atoms with Crippen molar-refractivity contribution in [2.45, 2.75) is 24.4 Å². The maximum Gasteiger partial charge on any atom is 0.260 e. The Morgan fingerprint density at radius 2 is 2.37 bits per heavy atom. The Kier molecular flexibility index (Phi) is 4.39. The summed E-state index contributed by atoms with van der Waals surface area (Å²) in [4.78, 5) is 4.62. The van der Waals surface area contributed by atoms with E-state index in [4.69, 9.17) is 5.73 Å². The summed E-state index contributed by atoms with van der Waals surface area (Å²) in [6, 6.07) is -0.138. The molecule has 19 heavy (non-hydrogen) atoms. The van der Waals surface area contributed by atoms with E-state index in [2.05, 4.69) is 9.71 Å². The normalized spacial score (nSPS) is 14.0. The maximum absolute atomic E-state index is 12.3. The van der Waals surface area contributed by atoms with Gasteiger partial charge in [0.15, 0.2) is 15.8 Å². The Hall–Kier alpha value is -0.770. The van der Waals surface area contributed by atoms with Gasteiger partial charge >= 0.3 is 0 Å². The van der Waals surface area contributed by atoms with Crippen LogP contribution in [0.1, 0.15) is 13.3 Å². The summed E-state index contributed by atoms with van der Waals surface area (Å²) < 4.78 is 28.8. The molecule has 0 spiro atoms. The Morgan fingerprint density at radius 1 is 1.63 bits per heavy atom. The third-order valence-corrected chi connectivity index (χ3v) is 5.64. The molecule has 6 nitrogen and oxygen atoms in total. The summed E-state index contributed by atoms with van der Waals surface area (Å²) in [5.74, 6) is 0.941. The van der Waals surface area contributed by atoms with E-state index in [9.17, 15) is 8.42 Å². The monoisotopic (exact) mass is 320 g/mol. The number of rotatable bonds is 6. The van der Waals surface area contributed by atoms with Crippen LogP contribution in [0.4, 0.5) is 5.82 Å². The fraction of sp³-hybridized carbons (Fsp3) is 0.500. The standard InChI is InChI=1S/C10H16N4O2S3/c1-7(3-5-17-2)13-19(15,16)9-8(11)12-10-14(9)4-6-18-10/h4,6-7,13H,3,5,11H2,1-2H3. The minimum Gasteiger partial charge on any atom is -0.381 e. The first-order chi connectivity index (χ1) is 8.95. The van der Waals surface area contributed by atoms with E-state index in [1.54, 1.807) is 23.3 Å². The second-order valence-electron chi connectivity index (χ2n) is 4.16. The smallest absolute Gasteiger partial charge is 0.260 e. The quantitative estimate of drug-likeness (QED) is 0.839. The molecule has 3 N–H and O–H groups in total. The number of nitrogens with one attached hydrogen (secondary N) is 1. The lowest BCUT2D eigenvalue weighted by Gasteiger charge is -2.13. The Balaban J connectivity index is 2.28. The van der Waals surface area contributed by atoms with E-state index in [0.29, 0.717) is 4.96 Å². The number of hydrogen-bond donors (Lipinski definition) is 2. The minimum absolute atomic E-state index is 0.0275. The van der Waals surface area contributed by atoms with Crippen LogP contribution >= 0.6 is 23.1 Å². The van der Waals surface area contributed by atoms with Crippen LogP contribution in [-0.2, 0) is 10.0 Å². The van der Waals surface area contributed by atoms with Crippen molar-refractivity contribution in [1.29, 1.82) is 0 Å². The van der Waals surface area contributed by atoms with Gasteiger partial charge in [-0.2, -0.15) is 11.8 Å². The molecule has 2 aromatic rings. The number of aromatic nitrogens is 2. The van der Waals surface area contributed by atoms with Gasteiger partial charge in [0.1, 0.15) is 0 Å². The van der Waals surface area contributed by atoms with Gasteiger partial charge in [-0.3, -0.25) is 4.40 Å². The molecule has 0 radical (unpaired) electrons. The van der Waals surface area contributed by atoms with E-state index in [1.807, 2.05) is 13.2 Å². The van der Waals surface area contributed by atoms with Gasteiger partial charge < -0.3 is 5.73 Å². The van der Waals surface area contributed by atoms with Gasteiger partial charge in [-0.25, -0.2) is 18.1 Å². The molecule has 0 aromatic carbocycles. The molecule has 2 rings (SSSR count). The number of nitrogens with zero attached hydrogens (tertiary/aromatic N) is 2. The highest BCUT2D eigenvalue weighted by molar-refractivity contribution is 7.98. The van der Waals surface area contributed by atoms with Gasteiger partial charge in [0, 0.05) is 17.6 Å². The van der Waals surface area contributed by atoms with Gasteiger partial charge in [0.25, 0.3) is 10.0 Å². The Labute approximate surface area is 120 Å². The second-order valence-corrected chi connectivity index (χ2v) is 7.65. The van der Waals surface area contributed by atoms with Crippen molar-refractivity contribution in [3.8, 4) is 0 Å². The molecular weight excluding hydrogens is 304 g/mol. The minimum atomic E-state index is -3.65. The zero-order valence-electron chi connectivity index (χ0n) is 10.7. The highest BCUT2D eigenvalue weighted by Crippen LogP contribution is 2.23. The number of anilines is 1. The van der Waals surface area contributed by atoms with Crippen LogP contribution in [-0.4, -0.2) is 35.9 Å². The lowest BCUT2D eigenvalue weighted by Crippen LogP contribution is -2.34. The van der Waals surface area contributed by atoms with Crippen molar-refractivity contribution in [3.63, 3.8) is 0 Å². The SMILES string of the molecule is CSCCC(C)NS(=O)(=O)c1c(N)nc2sccn12. The molecule has 0 saturated carbocycles. The van der Waals surface area contributed by atoms with Crippen molar-refractivity contribution < 1.29 is 8.42 Å². The molecule has 0 amide bonds. The van der Waals surface area contributed by atoms with Gasteiger partial charge in [0.2, 0.25) is 0 Å². The Morgan fingerprint density at radius 3 is 3.05 bits per heavy atom. The fourth-order valence-corrected chi connectivity index (χ4v) is 4.58. The highest BCUT2D eigenvalue weighted by Gasteiger charge is 2.25. The molecule has 0 aliphatic carbocycles. The summed E-state index contributed by atoms with van der Waals surface area (Å²) in [6.07, 6.45) is 4.42. The largest absolute Gasteiger partial charge is 0.381 e. The number of nitrogen functional groups attached to an aromatic ring is 1. The van der Waals surface area contributed by atoms with Crippen molar-refractivity contribution >= 4 is 43.9 Å². The van der Waals surface area contributed by atoms with Crippen molar-refractivity contribution in [1.82, 2.24) is 14.1 Å². The van der Waals surface area contributed by atoms with Crippen LogP contribution in [0, 0.1) is 0 Å². The number of thiazole rings is 1. The fourth-order valence-electron chi connectivity index (χ4n) is 1.72. The zero-order chi connectivity index (χ0) is 14.0. The predicted molar refractivity (Wildman–Crippen MR) is 80.3 cm³/mol. The van der Waals surface area contributed by atoms with Crippen LogP contribution < -0.4 is 10.5 Å². The summed E-state index contributed by atoms with van der Waals surface area (Å²) in [7, 11) is -3.65. The molecule has 0 aliphatic rings. The molecule has 106 valence electrons. The lowest BCUT2D eigenvalue weighted by molar-refractivity contribution is 0.553. The predicted octanol–water partition coefficient (Wildman–Crippen LogP) is 1.40. The first-order valence-corrected chi connectivity index (χ1v) is 9.43. The number of fused-ring (bicyclic) bond motifs is 1. The van der Waals surface area contributed by atoms with E-state index < -0.39 is 10.0 Å². The molecule has 1 atom stereocenters. The van der Waals surface area contributed by atoms with E-state index in [-0.39, 0.29) is 16.9 Å². The van der Waals surface area contributed by atoms with Crippen LogP contribution in [0.3, 0.4) is 0 Å².